The first-order chi connectivity index (χ1) is 19.9. The Kier molecular flexibility index (Phi) is 14.2. The summed E-state index contributed by atoms with van der Waals surface area (Å²) in [6, 6.07) is 13.7. The van der Waals surface area contributed by atoms with Crippen LogP contribution in [0.1, 0.15) is 116 Å². The molecule has 0 aliphatic rings. The number of hydrogen-bond acceptors (Lipinski definition) is 3. The van der Waals surface area contributed by atoms with Crippen LogP contribution in [0.2, 0.25) is 0 Å². The van der Waals surface area contributed by atoms with E-state index in [2.05, 4.69) is 66.0 Å². The lowest BCUT2D eigenvalue weighted by Crippen LogP contribution is -2.30. The molecule has 0 radical (unpaired) electrons. The second-order valence-corrected chi connectivity index (χ2v) is 12.9. The first kappa shape index (κ1) is 32.7. The molecule has 2 aromatic carbocycles. The van der Waals surface area contributed by atoms with Crippen LogP contribution < -0.4 is 19.9 Å². The Bertz CT molecular complexity index is 1140. The number of thiazole rings is 1. The van der Waals surface area contributed by atoms with Crippen LogP contribution in [0.3, 0.4) is 0 Å². The maximum Gasteiger partial charge on any atom is 0.323 e. The Morgan fingerprint density at radius 1 is 0.829 bits per heavy atom. The van der Waals surface area contributed by atoms with E-state index in [4.69, 9.17) is 4.74 Å². The number of para-hydroxylation sites is 1. The fourth-order valence-electron chi connectivity index (χ4n) is 5.04. The molecule has 5 nitrogen and oxygen atoms in total. The van der Waals surface area contributed by atoms with E-state index in [1.54, 1.807) is 11.3 Å². The monoisotopic (exact) mass is 578 g/mol. The van der Waals surface area contributed by atoms with E-state index >= 15 is 0 Å². The molecule has 2 amide bonds. The number of carbonyl (C=O) groups excluding carboxylic acids is 1. The van der Waals surface area contributed by atoms with Crippen molar-refractivity contribution in [2.45, 2.75) is 117 Å². The highest BCUT2D eigenvalue weighted by atomic mass is 32.1. The summed E-state index contributed by atoms with van der Waals surface area (Å²) in [5.74, 6) is 0.779. The Hall–Kier alpha value is -2.86. The van der Waals surface area contributed by atoms with Gasteiger partial charge in [0.2, 0.25) is 5.51 Å². The fraction of sp³-hybridized carbons (Fsp3) is 0.543. The highest BCUT2D eigenvalue weighted by Gasteiger charge is 2.22. The Morgan fingerprint density at radius 3 is 2.05 bits per heavy atom. The van der Waals surface area contributed by atoms with Crippen molar-refractivity contribution in [2.75, 3.05) is 17.2 Å². The van der Waals surface area contributed by atoms with Gasteiger partial charge in [0.15, 0.2) is 12.7 Å². The molecule has 41 heavy (non-hydrogen) atoms. The number of benzene rings is 2. The quantitative estimate of drug-likeness (QED) is 0.117. The van der Waals surface area contributed by atoms with Gasteiger partial charge >= 0.3 is 6.03 Å². The zero-order valence-corrected chi connectivity index (χ0v) is 26.7. The van der Waals surface area contributed by atoms with Crippen LogP contribution in [0.15, 0.2) is 59.6 Å². The van der Waals surface area contributed by atoms with Crippen LogP contribution in [-0.4, -0.2) is 12.6 Å². The molecular formula is C35H52N3O2S+. The summed E-state index contributed by atoms with van der Waals surface area (Å²) in [7, 11) is 0. The van der Waals surface area contributed by atoms with Crippen molar-refractivity contribution in [1.82, 2.24) is 0 Å². The summed E-state index contributed by atoms with van der Waals surface area (Å²) in [5, 5.41) is 8.07. The van der Waals surface area contributed by atoms with Crippen molar-refractivity contribution in [1.29, 1.82) is 0 Å². The van der Waals surface area contributed by atoms with Crippen molar-refractivity contribution < 1.29 is 14.1 Å². The molecule has 0 fully saturated rings. The van der Waals surface area contributed by atoms with Gasteiger partial charge in [0.05, 0.1) is 17.7 Å². The predicted molar refractivity (Wildman–Crippen MR) is 174 cm³/mol. The molecule has 3 aromatic rings. The summed E-state index contributed by atoms with van der Waals surface area (Å²) >= 11 is 1.68. The molecule has 2 N–H and O–H groups in total. The van der Waals surface area contributed by atoms with E-state index in [0.29, 0.717) is 12.3 Å². The van der Waals surface area contributed by atoms with E-state index in [9.17, 15) is 4.79 Å². The first-order valence-corrected chi connectivity index (χ1v) is 16.7. The smallest absolute Gasteiger partial charge is 0.323 e. The van der Waals surface area contributed by atoms with E-state index < -0.39 is 0 Å². The van der Waals surface area contributed by atoms with Gasteiger partial charge < -0.3 is 15.4 Å². The summed E-state index contributed by atoms with van der Waals surface area (Å²) < 4.78 is 8.50. The van der Waals surface area contributed by atoms with E-state index in [0.717, 1.165) is 30.0 Å². The normalized spacial score (nSPS) is 11.4. The SMILES string of the molecule is CCCCCCCCCCCCCCOc1c(NC(=O)Nc2ccc(C[n+]3ccsc3)cc2)cccc1C(C)(C)C. The second-order valence-electron chi connectivity index (χ2n) is 12.1. The summed E-state index contributed by atoms with van der Waals surface area (Å²) in [5.41, 5.74) is 5.74. The number of nitrogens with zero attached hydrogens (tertiary/aromatic N) is 1. The number of anilines is 2. The van der Waals surface area contributed by atoms with Crippen LogP contribution in [-0.2, 0) is 12.0 Å². The van der Waals surface area contributed by atoms with Gasteiger partial charge in [0, 0.05) is 16.8 Å². The van der Waals surface area contributed by atoms with Crippen molar-refractivity contribution >= 4 is 28.7 Å². The molecule has 0 aliphatic carbocycles. The molecule has 224 valence electrons. The molecule has 0 saturated carbocycles. The van der Waals surface area contributed by atoms with E-state index in [1.165, 1.54) is 76.2 Å². The molecule has 0 saturated heterocycles. The molecule has 3 rings (SSSR count). The average molecular weight is 579 g/mol. The van der Waals surface area contributed by atoms with Crippen molar-refractivity contribution in [3.63, 3.8) is 0 Å². The molecule has 0 aliphatic heterocycles. The zero-order chi connectivity index (χ0) is 29.3. The molecule has 1 heterocycles. The predicted octanol–water partition coefficient (Wildman–Crippen LogP) is 10.1. The van der Waals surface area contributed by atoms with Crippen molar-refractivity contribution in [2.24, 2.45) is 0 Å². The fourth-order valence-corrected chi connectivity index (χ4v) is 5.64. The van der Waals surface area contributed by atoms with Crippen LogP contribution in [0.25, 0.3) is 0 Å². The average Bonchev–Trinajstić information content (AvgIpc) is 3.45. The third-order valence-electron chi connectivity index (χ3n) is 7.42. The van der Waals surface area contributed by atoms with Crippen molar-refractivity contribution in [3.05, 3.63) is 70.7 Å². The minimum Gasteiger partial charge on any atom is -0.491 e. The lowest BCUT2D eigenvalue weighted by Gasteiger charge is -2.25. The first-order valence-electron chi connectivity index (χ1n) is 15.7. The zero-order valence-electron chi connectivity index (χ0n) is 25.8. The molecular weight excluding hydrogens is 526 g/mol. The maximum absolute atomic E-state index is 12.9. The Morgan fingerprint density at radius 2 is 1.46 bits per heavy atom. The Labute approximate surface area is 252 Å². The number of ether oxygens (including phenoxy) is 1. The van der Waals surface area contributed by atoms with Crippen molar-refractivity contribution in [3.8, 4) is 5.75 Å². The molecule has 0 atom stereocenters. The van der Waals surface area contributed by atoms with Crippen LogP contribution in [0, 0.1) is 0 Å². The number of aromatic nitrogens is 1. The number of rotatable bonds is 18. The van der Waals surface area contributed by atoms with Gasteiger partial charge in [-0.05, 0) is 30.0 Å². The van der Waals surface area contributed by atoms with Crippen LogP contribution >= 0.6 is 11.3 Å². The summed E-state index contributed by atoms with van der Waals surface area (Å²) in [6.07, 6.45) is 17.9. The molecule has 1 aromatic heterocycles. The van der Waals surface area contributed by atoms with Gasteiger partial charge in [-0.25, -0.2) is 4.79 Å². The topological polar surface area (TPSA) is 54.2 Å². The van der Waals surface area contributed by atoms with E-state index in [-0.39, 0.29) is 11.4 Å². The lowest BCUT2D eigenvalue weighted by molar-refractivity contribution is -0.683. The summed E-state index contributed by atoms with van der Waals surface area (Å²) in [4.78, 5) is 12.9. The van der Waals surface area contributed by atoms with Gasteiger partial charge in [0.25, 0.3) is 0 Å². The largest absolute Gasteiger partial charge is 0.491 e. The molecule has 0 unspecified atom stereocenters. The van der Waals surface area contributed by atoms with Gasteiger partial charge in [-0.2, -0.15) is 4.57 Å². The number of nitrogens with one attached hydrogen (secondary N) is 2. The van der Waals surface area contributed by atoms with Gasteiger partial charge in [-0.15, -0.1) is 0 Å². The highest BCUT2D eigenvalue weighted by molar-refractivity contribution is 7.07. The van der Waals surface area contributed by atoms with Gasteiger partial charge in [-0.1, -0.05) is 134 Å². The van der Waals surface area contributed by atoms with Gasteiger partial charge in [0.1, 0.15) is 5.75 Å². The van der Waals surface area contributed by atoms with Crippen LogP contribution in [0.5, 0.6) is 5.75 Å². The highest BCUT2D eigenvalue weighted by Crippen LogP contribution is 2.37. The number of unbranched alkanes of at least 4 members (excludes halogenated alkanes) is 11. The number of carbonyl (C=O) groups is 1. The number of amides is 2. The minimum absolute atomic E-state index is 0.101. The van der Waals surface area contributed by atoms with Gasteiger partial charge in [-0.3, -0.25) is 0 Å². The molecule has 0 spiro atoms. The minimum atomic E-state index is -0.272. The summed E-state index contributed by atoms with van der Waals surface area (Å²) in [6.45, 7) is 10.3. The van der Waals surface area contributed by atoms with E-state index in [1.807, 2.05) is 36.4 Å². The number of urea groups is 1. The number of hydrogen-bond donors (Lipinski definition) is 2. The standard InChI is InChI=1S/C35H51N3O2S/c1-5-6-7-8-9-10-11-12-13-14-15-16-25-40-33-31(35(2,3)4)18-17-19-32(33)37-34(39)36-30-22-20-29(21-23-30)27-38-24-26-41-28-38/h17-24,26,28H,5-16,25,27H2,1-4H3,(H-,36,37,39)/p+1. The molecule has 0 bridgehead atoms. The lowest BCUT2D eigenvalue weighted by atomic mass is 9.86. The maximum atomic E-state index is 12.9. The second kappa shape index (κ2) is 17.8. The Balaban J connectivity index is 1.45. The third-order valence-corrected chi connectivity index (χ3v) is 8.09. The third kappa shape index (κ3) is 12.3. The molecule has 6 heteroatoms. The van der Waals surface area contributed by atoms with Crippen LogP contribution in [0.4, 0.5) is 16.2 Å².